The number of quaternary nitrogens is 1. The molecule has 1 N–H and O–H groups in total. The number of halogens is 1. The van der Waals surface area contributed by atoms with E-state index in [1.54, 1.807) is 24.5 Å². The topological polar surface area (TPSA) is 40.1 Å². The summed E-state index contributed by atoms with van der Waals surface area (Å²) in [7, 11) is 2.04. The molecular formula is C22H21FN5S+. The number of para-hydroxylation sites is 1. The second kappa shape index (κ2) is 8.46. The fourth-order valence-corrected chi connectivity index (χ4v) is 3.61. The molecule has 1 unspecified atom stereocenters. The molecule has 29 heavy (non-hydrogen) atoms. The molecule has 0 fully saturated rings. The Morgan fingerprint density at radius 2 is 1.76 bits per heavy atom. The molecule has 0 aliphatic carbocycles. The van der Waals surface area contributed by atoms with Gasteiger partial charge in [-0.2, -0.15) is 4.68 Å². The number of hydrogen-bond donors (Lipinski definition) is 1. The molecule has 2 heterocycles. The first-order chi connectivity index (χ1) is 14.1. The third-order valence-corrected chi connectivity index (χ3v) is 5.00. The first-order valence-corrected chi connectivity index (χ1v) is 9.74. The van der Waals surface area contributed by atoms with E-state index in [2.05, 4.69) is 4.98 Å². The van der Waals surface area contributed by atoms with Crippen molar-refractivity contribution in [3.63, 3.8) is 0 Å². The van der Waals surface area contributed by atoms with E-state index in [1.165, 1.54) is 6.07 Å². The van der Waals surface area contributed by atoms with Crippen LogP contribution in [-0.4, -0.2) is 26.4 Å². The monoisotopic (exact) mass is 406 g/mol. The molecule has 0 saturated carbocycles. The van der Waals surface area contributed by atoms with Crippen molar-refractivity contribution in [3.05, 3.63) is 95.3 Å². The number of hydrogen-bond acceptors (Lipinski definition) is 3. The van der Waals surface area contributed by atoms with Crippen LogP contribution >= 0.6 is 12.2 Å². The molecular weight excluding hydrogens is 385 g/mol. The Balaban J connectivity index is 1.69. The van der Waals surface area contributed by atoms with Gasteiger partial charge in [-0.3, -0.25) is 9.55 Å². The second-order valence-corrected chi connectivity index (χ2v) is 7.30. The average Bonchev–Trinajstić information content (AvgIpc) is 3.05. The highest BCUT2D eigenvalue weighted by Crippen LogP contribution is 2.21. The van der Waals surface area contributed by atoms with E-state index in [1.807, 2.05) is 64.8 Å². The third-order valence-electron chi connectivity index (χ3n) is 4.61. The van der Waals surface area contributed by atoms with E-state index >= 15 is 0 Å². The van der Waals surface area contributed by atoms with E-state index in [0.29, 0.717) is 18.0 Å². The summed E-state index contributed by atoms with van der Waals surface area (Å²) in [4.78, 5) is 5.24. The molecule has 0 aliphatic heterocycles. The Bertz CT molecular complexity index is 1150. The Kier molecular flexibility index (Phi) is 5.59. The Hall–Kier alpha value is -3.16. The van der Waals surface area contributed by atoms with Crippen molar-refractivity contribution >= 4 is 12.2 Å². The van der Waals surface area contributed by atoms with Crippen LogP contribution in [0.1, 0.15) is 5.56 Å². The zero-order valence-corrected chi connectivity index (χ0v) is 16.8. The predicted octanol–water partition coefficient (Wildman–Crippen LogP) is 3.28. The van der Waals surface area contributed by atoms with Gasteiger partial charge >= 0.3 is 0 Å². The van der Waals surface area contributed by atoms with Crippen LogP contribution in [0.15, 0.2) is 79.1 Å². The maximum Gasteiger partial charge on any atom is 0.207 e. The maximum absolute atomic E-state index is 13.5. The quantitative estimate of drug-likeness (QED) is 0.500. The van der Waals surface area contributed by atoms with Gasteiger partial charge in [-0.1, -0.05) is 30.3 Å². The van der Waals surface area contributed by atoms with E-state index < -0.39 is 0 Å². The Morgan fingerprint density at radius 1 is 1.00 bits per heavy atom. The van der Waals surface area contributed by atoms with Crippen molar-refractivity contribution in [3.8, 4) is 17.1 Å². The molecule has 5 nitrogen and oxygen atoms in total. The lowest BCUT2D eigenvalue weighted by Gasteiger charge is -2.13. The molecule has 4 rings (SSSR count). The molecule has 0 saturated heterocycles. The fourth-order valence-electron chi connectivity index (χ4n) is 3.32. The van der Waals surface area contributed by atoms with Gasteiger partial charge in [-0.15, -0.1) is 5.10 Å². The standard InChI is InChI=1S/C22H20FN5S/c1-26(15-17-6-5-7-19(23)14-17)16-27-22(29)28(20-8-3-2-4-9-20)21(25-27)18-10-12-24-13-11-18/h2-14H,15-16H2,1H3/p+1. The van der Waals surface area contributed by atoms with Crippen molar-refractivity contribution < 1.29 is 9.29 Å². The summed E-state index contributed by atoms with van der Waals surface area (Å²) < 4.78 is 17.9. The Labute approximate surface area is 173 Å². The summed E-state index contributed by atoms with van der Waals surface area (Å²) in [5.74, 6) is 0.544. The van der Waals surface area contributed by atoms with Crippen molar-refractivity contribution in [2.75, 3.05) is 7.05 Å². The molecule has 0 bridgehead atoms. The molecule has 2 aromatic carbocycles. The second-order valence-electron chi connectivity index (χ2n) is 6.93. The molecule has 0 spiro atoms. The van der Waals surface area contributed by atoms with Crippen molar-refractivity contribution in [2.45, 2.75) is 13.2 Å². The van der Waals surface area contributed by atoms with Crippen LogP contribution in [0.5, 0.6) is 0 Å². The van der Waals surface area contributed by atoms with Gasteiger partial charge in [0.1, 0.15) is 12.4 Å². The lowest BCUT2D eigenvalue weighted by molar-refractivity contribution is -0.917. The minimum absolute atomic E-state index is 0.222. The van der Waals surface area contributed by atoms with Crippen LogP contribution in [0.2, 0.25) is 0 Å². The molecule has 146 valence electrons. The smallest absolute Gasteiger partial charge is 0.207 e. The number of nitrogens with zero attached hydrogens (tertiary/aromatic N) is 4. The van der Waals surface area contributed by atoms with Gasteiger partial charge in [0.05, 0.1) is 7.05 Å². The van der Waals surface area contributed by atoms with Crippen LogP contribution in [0.4, 0.5) is 4.39 Å². The minimum Gasteiger partial charge on any atom is -0.315 e. The third kappa shape index (κ3) is 4.31. The number of rotatable bonds is 6. The average molecular weight is 407 g/mol. The number of aromatic nitrogens is 4. The molecule has 0 aliphatic rings. The van der Waals surface area contributed by atoms with Gasteiger partial charge in [-0.25, -0.2) is 4.39 Å². The van der Waals surface area contributed by atoms with Gasteiger partial charge in [-0.05, 0) is 48.6 Å². The summed E-state index contributed by atoms with van der Waals surface area (Å²) >= 11 is 5.77. The first-order valence-electron chi connectivity index (χ1n) is 9.33. The highest BCUT2D eigenvalue weighted by Gasteiger charge is 2.16. The zero-order chi connectivity index (χ0) is 20.2. The summed E-state index contributed by atoms with van der Waals surface area (Å²) in [6, 6.07) is 20.5. The largest absolute Gasteiger partial charge is 0.315 e. The molecule has 0 amide bonds. The lowest BCUT2D eigenvalue weighted by atomic mass is 10.2. The highest BCUT2D eigenvalue weighted by atomic mass is 32.1. The SMILES string of the molecule is C[NH+](Cc1cccc(F)c1)Cn1nc(-c2ccncc2)n(-c2ccccc2)c1=S. The van der Waals surface area contributed by atoms with Gasteiger partial charge in [0, 0.05) is 29.2 Å². The van der Waals surface area contributed by atoms with Crippen molar-refractivity contribution in [1.29, 1.82) is 0 Å². The van der Waals surface area contributed by atoms with Gasteiger partial charge in [0.2, 0.25) is 4.77 Å². The van der Waals surface area contributed by atoms with E-state index in [9.17, 15) is 4.39 Å². The van der Waals surface area contributed by atoms with E-state index in [0.717, 1.165) is 27.5 Å². The van der Waals surface area contributed by atoms with Crippen LogP contribution in [0.25, 0.3) is 17.1 Å². The van der Waals surface area contributed by atoms with Crippen LogP contribution in [0, 0.1) is 10.6 Å². The maximum atomic E-state index is 13.5. The molecule has 2 aromatic heterocycles. The zero-order valence-electron chi connectivity index (χ0n) is 16.0. The fraction of sp³-hybridized carbons (Fsp3) is 0.136. The Morgan fingerprint density at radius 3 is 2.48 bits per heavy atom. The lowest BCUT2D eigenvalue weighted by Crippen LogP contribution is -3.07. The van der Waals surface area contributed by atoms with Gasteiger partial charge in [0.15, 0.2) is 12.5 Å². The highest BCUT2D eigenvalue weighted by molar-refractivity contribution is 7.71. The molecule has 7 heteroatoms. The summed E-state index contributed by atoms with van der Waals surface area (Å²) in [6.07, 6.45) is 3.49. The van der Waals surface area contributed by atoms with Gasteiger partial charge in [0.25, 0.3) is 0 Å². The van der Waals surface area contributed by atoms with E-state index in [4.69, 9.17) is 17.3 Å². The molecule has 1 atom stereocenters. The first kappa shape index (κ1) is 19.2. The van der Waals surface area contributed by atoms with Crippen LogP contribution < -0.4 is 4.90 Å². The summed E-state index contributed by atoms with van der Waals surface area (Å²) in [6.45, 7) is 1.23. The number of pyridine rings is 1. The molecule has 4 aromatic rings. The van der Waals surface area contributed by atoms with Crippen molar-refractivity contribution in [1.82, 2.24) is 19.3 Å². The predicted molar refractivity (Wildman–Crippen MR) is 113 cm³/mol. The van der Waals surface area contributed by atoms with Gasteiger partial charge < -0.3 is 4.90 Å². The van der Waals surface area contributed by atoms with E-state index in [-0.39, 0.29) is 5.82 Å². The number of nitrogens with one attached hydrogen (secondary N) is 1. The summed E-state index contributed by atoms with van der Waals surface area (Å²) in [5, 5.41) is 4.81. The van der Waals surface area contributed by atoms with Crippen molar-refractivity contribution in [2.24, 2.45) is 0 Å². The molecule has 0 radical (unpaired) electrons. The summed E-state index contributed by atoms with van der Waals surface area (Å²) in [5.41, 5.74) is 2.83. The normalized spacial score (nSPS) is 12.1. The number of benzene rings is 2. The van der Waals surface area contributed by atoms with Crippen LogP contribution in [0.3, 0.4) is 0 Å². The minimum atomic E-state index is -0.222. The van der Waals surface area contributed by atoms with Crippen LogP contribution in [-0.2, 0) is 13.2 Å².